The van der Waals surface area contributed by atoms with Crippen LogP contribution in [0.5, 0.6) is 5.75 Å². The topological polar surface area (TPSA) is 139 Å². The summed E-state index contributed by atoms with van der Waals surface area (Å²) in [6.07, 6.45) is 0.191. The fraction of sp³-hybridized carbons (Fsp3) is 0.310. The summed E-state index contributed by atoms with van der Waals surface area (Å²) in [4.78, 5) is 38.8. The summed E-state index contributed by atoms with van der Waals surface area (Å²) in [6, 6.07) is 11.9. The third kappa shape index (κ3) is 7.79. The highest BCUT2D eigenvalue weighted by Crippen LogP contribution is 2.36. The van der Waals surface area contributed by atoms with Crippen LogP contribution in [-0.4, -0.2) is 56.3 Å². The Morgan fingerprint density at radius 3 is 2.35 bits per heavy atom. The van der Waals surface area contributed by atoms with Crippen molar-refractivity contribution in [2.24, 2.45) is 0 Å². The van der Waals surface area contributed by atoms with E-state index in [1.165, 1.54) is 73.5 Å². The fourth-order valence-electron chi connectivity index (χ4n) is 4.44. The number of hydrogen-bond donors (Lipinski definition) is 1. The predicted octanol–water partition coefficient (Wildman–Crippen LogP) is 4.84. The highest BCUT2D eigenvalue weighted by Gasteiger charge is 2.35. The molecule has 0 aliphatic rings. The SMILES string of the molecule is CCNC(=O)[C@H](CC)N(Cc1ccc(F)cc1)C(=O)CN(c1cc(Cl)ccc1OC)S(=O)(=O)c1ccc(C)c([N+](=O)[O-])c1. The lowest BCUT2D eigenvalue weighted by Crippen LogP contribution is -2.52. The van der Waals surface area contributed by atoms with Crippen molar-refractivity contribution < 1.29 is 32.1 Å². The molecule has 0 heterocycles. The molecule has 3 aromatic rings. The second kappa shape index (κ2) is 14.3. The maximum atomic E-state index is 14.1. The first-order valence-electron chi connectivity index (χ1n) is 13.3. The van der Waals surface area contributed by atoms with Crippen LogP contribution in [0, 0.1) is 22.9 Å². The van der Waals surface area contributed by atoms with E-state index in [-0.39, 0.29) is 35.0 Å². The molecule has 1 atom stereocenters. The number of nitro groups is 1. The van der Waals surface area contributed by atoms with Crippen LogP contribution in [0.2, 0.25) is 5.02 Å². The van der Waals surface area contributed by atoms with Crippen molar-refractivity contribution >= 4 is 44.8 Å². The van der Waals surface area contributed by atoms with Crippen LogP contribution in [0.3, 0.4) is 0 Å². The zero-order valence-corrected chi connectivity index (χ0v) is 25.6. The molecule has 0 saturated heterocycles. The highest BCUT2D eigenvalue weighted by molar-refractivity contribution is 7.92. The van der Waals surface area contributed by atoms with Gasteiger partial charge in [0, 0.05) is 29.7 Å². The number of rotatable bonds is 13. The van der Waals surface area contributed by atoms with Crippen LogP contribution < -0.4 is 14.4 Å². The van der Waals surface area contributed by atoms with E-state index in [4.69, 9.17) is 16.3 Å². The lowest BCUT2D eigenvalue weighted by atomic mass is 10.1. The maximum absolute atomic E-state index is 14.1. The van der Waals surface area contributed by atoms with Crippen LogP contribution in [0.4, 0.5) is 15.8 Å². The minimum atomic E-state index is -4.65. The number of aryl methyl sites for hydroxylation is 1. The van der Waals surface area contributed by atoms with Gasteiger partial charge in [-0.25, -0.2) is 12.8 Å². The molecule has 1 N–H and O–H groups in total. The number of halogens is 2. The van der Waals surface area contributed by atoms with Gasteiger partial charge in [0.2, 0.25) is 11.8 Å². The van der Waals surface area contributed by atoms with Gasteiger partial charge in [-0.3, -0.25) is 24.0 Å². The van der Waals surface area contributed by atoms with Gasteiger partial charge in [-0.05, 0) is 62.2 Å². The van der Waals surface area contributed by atoms with Gasteiger partial charge in [0.1, 0.15) is 24.2 Å². The Morgan fingerprint density at radius 1 is 1.09 bits per heavy atom. The first kappa shape index (κ1) is 33.3. The number of benzene rings is 3. The Bertz CT molecular complexity index is 1600. The number of nitro benzene ring substituents is 1. The number of sulfonamides is 1. The summed E-state index contributed by atoms with van der Waals surface area (Å²) >= 11 is 6.22. The molecule has 0 aromatic heterocycles. The Hall–Kier alpha value is -4.23. The van der Waals surface area contributed by atoms with Crippen molar-refractivity contribution in [1.82, 2.24) is 10.2 Å². The van der Waals surface area contributed by atoms with Gasteiger partial charge >= 0.3 is 0 Å². The van der Waals surface area contributed by atoms with Crippen molar-refractivity contribution in [1.29, 1.82) is 0 Å². The van der Waals surface area contributed by atoms with Gasteiger partial charge in [0.05, 0.1) is 22.6 Å². The van der Waals surface area contributed by atoms with E-state index in [9.17, 15) is 32.5 Å². The van der Waals surface area contributed by atoms with Gasteiger partial charge in [-0.2, -0.15) is 0 Å². The second-order valence-corrected chi connectivity index (χ2v) is 11.8. The molecule has 3 aromatic carbocycles. The Labute approximate surface area is 254 Å². The average molecular weight is 635 g/mol. The zero-order valence-electron chi connectivity index (χ0n) is 24.0. The molecule has 0 aliphatic carbocycles. The van der Waals surface area contributed by atoms with Gasteiger partial charge < -0.3 is 15.0 Å². The second-order valence-electron chi connectivity index (χ2n) is 9.50. The number of nitrogens with one attached hydrogen (secondary N) is 1. The number of carbonyl (C=O) groups excluding carboxylic acids is 2. The molecule has 3 rings (SSSR count). The molecule has 11 nitrogen and oxygen atoms in total. The Morgan fingerprint density at radius 2 is 1.77 bits per heavy atom. The van der Waals surface area contributed by atoms with Crippen molar-refractivity contribution in [2.45, 2.75) is 44.7 Å². The third-order valence-electron chi connectivity index (χ3n) is 6.66. The van der Waals surface area contributed by atoms with Crippen molar-refractivity contribution in [2.75, 3.05) is 24.5 Å². The molecule has 0 bridgehead atoms. The number of anilines is 1. The van der Waals surface area contributed by atoms with Crippen LogP contribution in [0.1, 0.15) is 31.4 Å². The third-order valence-corrected chi connectivity index (χ3v) is 8.65. The first-order chi connectivity index (χ1) is 20.3. The number of methoxy groups -OCH3 is 1. The molecule has 0 aliphatic heterocycles. The van der Waals surface area contributed by atoms with Crippen LogP contribution in [0.15, 0.2) is 65.6 Å². The van der Waals surface area contributed by atoms with Crippen LogP contribution >= 0.6 is 11.6 Å². The van der Waals surface area contributed by atoms with E-state index in [0.29, 0.717) is 12.1 Å². The number of nitrogens with zero attached hydrogens (tertiary/aromatic N) is 3. The molecule has 2 amide bonds. The zero-order chi connectivity index (χ0) is 31.9. The summed E-state index contributed by atoms with van der Waals surface area (Å²) in [7, 11) is -3.35. The number of carbonyl (C=O) groups is 2. The number of amides is 2. The van der Waals surface area contributed by atoms with Gasteiger partial charge in [0.15, 0.2) is 0 Å². The van der Waals surface area contributed by atoms with E-state index < -0.39 is 55.7 Å². The number of ether oxygens (including phenoxy) is 1. The van der Waals surface area contributed by atoms with Crippen molar-refractivity contribution in [3.8, 4) is 5.75 Å². The fourth-order valence-corrected chi connectivity index (χ4v) is 6.05. The molecular formula is C29H32ClFN4O7S. The van der Waals surface area contributed by atoms with E-state index in [1.807, 2.05) is 0 Å². The standard InChI is InChI=1S/C29H32ClFN4O7S/c1-5-24(29(37)32-6-2)33(17-20-8-11-22(31)12-9-20)28(36)18-34(26-15-21(30)10-14-27(26)42-4)43(40,41)23-13-7-19(3)25(16-23)35(38)39/h7-16,24H,5-6,17-18H2,1-4H3,(H,32,37)/t24-/m0/s1. The smallest absolute Gasteiger partial charge is 0.273 e. The molecular weight excluding hydrogens is 603 g/mol. The van der Waals surface area contributed by atoms with Crippen molar-refractivity contribution in [3.05, 3.63) is 92.7 Å². The monoisotopic (exact) mass is 634 g/mol. The lowest BCUT2D eigenvalue weighted by Gasteiger charge is -2.33. The molecule has 0 unspecified atom stereocenters. The largest absolute Gasteiger partial charge is 0.495 e. The van der Waals surface area contributed by atoms with E-state index in [0.717, 1.165) is 10.4 Å². The average Bonchev–Trinajstić information content (AvgIpc) is 2.96. The molecule has 230 valence electrons. The molecule has 0 spiro atoms. The molecule has 43 heavy (non-hydrogen) atoms. The Balaban J connectivity index is 2.18. The van der Waals surface area contributed by atoms with Crippen LogP contribution in [-0.2, 0) is 26.2 Å². The molecule has 0 radical (unpaired) electrons. The van der Waals surface area contributed by atoms with E-state index >= 15 is 0 Å². The quantitative estimate of drug-likeness (QED) is 0.210. The summed E-state index contributed by atoms with van der Waals surface area (Å²) in [5, 5.41) is 14.4. The summed E-state index contributed by atoms with van der Waals surface area (Å²) in [5.41, 5.74) is 0.219. The summed E-state index contributed by atoms with van der Waals surface area (Å²) < 4.78 is 48.0. The summed E-state index contributed by atoms with van der Waals surface area (Å²) in [6.45, 7) is 4.22. The maximum Gasteiger partial charge on any atom is 0.273 e. The minimum absolute atomic E-state index is 0.0586. The van der Waals surface area contributed by atoms with Gasteiger partial charge in [-0.15, -0.1) is 0 Å². The number of likely N-dealkylation sites (N-methyl/N-ethyl adjacent to an activating group) is 1. The normalized spacial score (nSPS) is 11.9. The minimum Gasteiger partial charge on any atom is -0.495 e. The highest BCUT2D eigenvalue weighted by atomic mass is 35.5. The van der Waals surface area contributed by atoms with Crippen molar-refractivity contribution in [3.63, 3.8) is 0 Å². The summed E-state index contributed by atoms with van der Waals surface area (Å²) in [5.74, 6) is -1.66. The van der Waals surface area contributed by atoms with E-state index in [1.54, 1.807) is 13.8 Å². The predicted molar refractivity (Wildman–Crippen MR) is 160 cm³/mol. The lowest BCUT2D eigenvalue weighted by molar-refractivity contribution is -0.385. The molecule has 0 fully saturated rings. The number of hydrogen-bond acceptors (Lipinski definition) is 7. The first-order valence-corrected chi connectivity index (χ1v) is 15.1. The van der Waals surface area contributed by atoms with Crippen LogP contribution in [0.25, 0.3) is 0 Å². The van der Waals surface area contributed by atoms with Gasteiger partial charge in [-0.1, -0.05) is 36.7 Å². The Kier molecular flexibility index (Phi) is 11.1. The van der Waals surface area contributed by atoms with Gasteiger partial charge in [0.25, 0.3) is 15.7 Å². The molecule has 0 saturated carbocycles. The van der Waals surface area contributed by atoms with E-state index in [2.05, 4.69) is 5.32 Å². The molecule has 14 heteroatoms.